The second kappa shape index (κ2) is 3.38. The maximum atomic E-state index is 11.3. The Bertz CT molecular complexity index is 422. The van der Waals surface area contributed by atoms with Gasteiger partial charge in [0.15, 0.2) is 0 Å². The zero-order valence-corrected chi connectivity index (χ0v) is 8.69. The Balaban J connectivity index is 2.46. The van der Waals surface area contributed by atoms with E-state index in [1.54, 1.807) is 18.2 Å². The van der Waals surface area contributed by atoms with Gasteiger partial charge in [-0.2, -0.15) is 0 Å². The molecule has 0 saturated carbocycles. The third kappa shape index (κ3) is 1.37. The van der Waals surface area contributed by atoms with Gasteiger partial charge in [0.25, 0.3) is 11.8 Å². The molecule has 4 heteroatoms. The van der Waals surface area contributed by atoms with E-state index in [-0.39, 0.29) is 11.8 Å². The van der Waals surface area contributed by atoms with Crippen LogP contribution in [0.4, 0.5) is 5.69 Å². The molecule has 0 spiro atoms. The molecule has 0 fully saturated rings. The van der Waals surface area contributed by atoms with Crippen LogP contribution in [0.15, 0.2) is 40.9 Å². The van der Waals surface area contributed by atoms with Crippen LogP contribution in [0.2, 0.25) is 0 Å². The zero-order chi connectivity index (χ0) is 10.1. The molecule has 2 amide bonds. The number of carbonyl (C=O) groups is 2. The molecule has 1 heterocycles. The molecule has 1 aliphatic rings. The fourth-order valence-corrected chi connectivity index (χ4v) is 1.73. The lowest BCUT2D eigenvalue weighted by Gasteiger charge is -2.14. The van der Waals surface area contributed by atoms with Crippen LogP contribution < -0.4 is 4.90 Å². The normalized spacial score (nSPS) is 15.4. The van der Waals surface area contributed by atoms with Crippen LogP contribution in [0.3, 0.4) is 0 Å². The molecule has 1 aromatic rings. The Labute approximate surface area is 89.1 Å². The van der Waals surface area contributed by atoms with Crippen molar-refractivity contribution in [3.63, 3.8) is 0 Å². The maximum absolute atomic E-state index is 11.3. The van der Waals surface area contributed by atoms with Crippen molar-refractivity contribution in [2.24, 2.45) is 0 Å². The van der Waals surface area contributed by atoms with Gasteiger partial charge in [-0.3, -0.25) is 9.59 Å². The highest BCUT2D eigenvalue weighted by Gasteiger charge is 2.26. The van der Waals surface area contributed by atoms with E-state index in [9.17, 15) is 9.59 Å². The molecule has 0 radical (unpaired) electrons. The Morgan fingerprint density at radius 2 is 1.57 bits per heavy atom. The van der Waals surface area contributed by atoms with Crippen LogP contribution in [-0.4, -0.2) is 11.8 Å². The van der Waals surface area contributed by atoms with Gasteiger partial charge in [-0.25, -0.2) is 4.90 Å². The van der Waals surface area contributed by atoms with E-state index < -0.39 is 0 Å². The van der Waals surface area contributed by atoms with Gasteiger partial charge < -0.3 is 0 Å². The third-order valence-electron chi connectivity index (χ3n) is 1.90. The first-order chi connectivity index (χ1) is 6.70. The first kappa shape index (κ1) is 9.15. The Morgan fingerprint density at radius 3 is 2.14 bits per heavy atom. The Kier molecular flexibility index (Phi) is 2.21. The van der Waals surface area contributed by atoms with Gasteiger partial charge >= 0.3 is 0 Å². The summed E-state index contributed by atoms with van der Waals surface area (Å²) in [5, 5.41) is 0. The number of benzene rings is 1. The predicted octanol–water partition coefficient (Wildman–Crippen LogP) is 1.88. The molecule has 14 heavy (non-hydrogen) atoms. The molecular weight excluding hydrogens is 246 g/mol. The number of nitrogens with zero attached hydrogens (tertiary/aromatic N) is 1. The van der Waals surface area contributed by atoms with Crippen molar-refractivity contribution in [3.05, 3.63) is 40.9 Å². The van der Waals surface area contributed by atoms with Crippen molar-refractivity contribution in [2.45, 2.75) is 0 Å². The molecule has 0 saturated heterocycles. The Morgan fingerprint density at radius 1 is 1.00 bits per heavy atom. The molecule has 1 aliphatic heterocycles. The largest absolute Gasteiger partial charge is 0.269 e. The minimum Gasteiger partial charge on any atom is -0.269 e. The lowest BCUT2D eigenvalue weighted by molar-refractivity contribution is -0.119. The molecule has 0 unspecified atom stereocenters. The topological polar surface area (TPSA) is 37.4 Å². The number of carbonyl (C=O) groups excluding carboxylic acids is 2. The molecule has 0 N–H and O–H groups in total. The average molecular weight is 252 g/mol. The molecule has 3 nitrogen and oxygen atoms in total. The van der Waals surface area contributed by atoms with E-state index in [4.69, 9.17) is 0 Å². The molecule has 0 aromatic heterocycles. The molecule has 1 aromatic carbocycles. The van der Waals surface area contributed by atoms with Crippen LogP contribution >= 0.6 is 15.9 Å². The van der Waals surface area contributed by atoms with Crippen LogP contribution in [0.1, 0.15) is 0 Å². The average Bonchev–Trinajstić information content (AvgIpc) is 2.48. The van der Waals surface area contributed by atoms with Crippen molar-refractivity contribution in [3.8, 4) is 0 Å². The molecule has 0 atom stereocenters. The first-order valence-electron chi connectivity index (χ1n) is 4.01. The minimum atomic E-state index is -0.304. The van der Waals surface area contributed by atoms with Crippen LogP contribution in [0.5, 0.6) is 0 Å². The van der Waals surface area contributed by atoms with E-state index in [2.05, 4.69) is 15.9 Å². The molecule has 70 valence electrons. The van der Waals surface area contributed by atoms with Crippen LogP contribution in [-0.2, 0) is 9.59 Å². The third-order valence-corrected chi connectivity index (χ3v) is 2.57. The summed E-state index contributed by atoms with van der Waals surface area (Å²) in [7, 11) is 0. The lowest BCUT2D eigenvalue weighted by Crippen LogP contribution is -2.29. The summed E-state index contributed by atoms with van der Waals surface area (Å²) in [6, 6.07) is 7.10. The lowest BCUT2D eigenvalue weighted by atomic mass is 10.3. The van der Waals surface area contributed by atoms with E-state index >= 15 is 0 Å². The van der Waals surface area contributed by atoms with Crippen molar-refractivity contribution in [1.29, 1.82) is 0 Å². The smallest absolute Gasteiger partial charge is 0.258 e. The summed E-state index contributed by atoms with van der Waals surface area (Å²) >= 11 is 3.29. The summed E-state index contributed by atoms with van der Waals surface area (Å²) in [5.41, 5.74) is 0.576. The quantitative estimate of drug-likeness (QED) is 0.715. The highest BCUT2D eigenvalue weighted by atomic mass is 79.9. The fourth-order valence-electron chi connectivity index (χ4n) is 1.27. The summed E-state index contributed by atoms with van der Waals surface area (Å²) in [5.74, 6) is -0.608. The van der Waals surface area contributed by atoms with Gasteiger partial charge in [-0.1, -0.05) is 12.1 Å². The predicted molar refractivity (Wildman–Crippen MR) is 55.8 cm³/mol. The van der Waals surface area contributed by atoms with E-state index in [0.29, 0.717) is 5.69 Å². The molecule has 0 bridgehead atoms. The van der Waals surface area contributed by atoms with Gasteiger partial charge in [0.2, 0.25) is 0 Å². The van der Waals surface area contributed by atoms with Gasteiger partial charge in [0, 0.05) is 16.6 Å². The first-order valence-corrected chi connectivity index (χ1v) is 4.80. The van der Waals surface area contributed by atoms with Crippen LogP contribution in [0, 0.1) is 0 Å². The monoisotopic (exact) mass is 251 g/mol. The number of para-hydroxylation sites is 1. The van der Waals surface area contributed by atoms with E-state index in [1.807, 2.05) is 6.07 Å². The number of anilines is 1. The summed E-state index contributed by atoms with van der Waals surface area (Å²) < 4.78 is 0.727. The van der Waals surface area contributed by atoms with E-state index in [0.717, 1.165) is 9.37 Å². The maximum Gasteiger partial charge on any atom is 0.258 e. The minimum absolute atomic E-state index is 0.304. The van der Waals surface area contributed by atoms with Crippen LogP contribution in [0.25, 0.3) is 0 Å². The number of halogens is 1. The molecule has 2 rings (SSSR count). The molecular formula is C10H6BrNO2. The molecule has 0 aliphatic carbocycles. The summed E-state index contributed by atoms with van der Waals surface area (Å²) in [6.45, 7) is 0. The highest BCUT2D eigenvalue weighted by molar-refractivity contribution is 9.10. The fraction of sp³-hybridized carbons (Fsp3) is 0. The Hall–Kier alpha value is -1.42. The standard InChI is InChI=1S/C10H6BrNO2/c11-7-3-1-2-4-8(7)12-9(13)5-6-10(12)14/h1-6H. The second-order valence-electron chi connectivity index (χ2n) is 2.80. The van der Waals surface area contributed by atoms with Crippen molar-refractivity contribution < 1.29 is 9.59 Å². The SMILES string of the molecule is O=C1C=CC(=O)N1c1ccccc1Br. The summed E-state index contributed by atoms with van der Waals surface area (Å²) in [4.78, 5) is 23.8. The van der Waals surface area contributed by atoms with Crippen molar-refractivity contribution in [2.75, 3.05) is 4.90 Å². The summed E-state index contributed by atoms with van der Waals surface area (Å²) in [6.07, 6.45) is 2.53. The zero-order valence-electron chi connectivity index (χ0n) is 7.11. The highest BCUT2D eigenvalue weighted by Crippen LogP contribution is 2.27. The number of rotatable bonds is 1. The van der Waals surface area contributed by atoms with Gasteiger partial charge in [0.05, 0.1) is 5.69 Å². The second-order valence-corrected chi connectivity index (χ2v) is 3.65. The number of imide groups is 1. The van der Waals surface area contributed by atoms with Gasteiger partial charge in [-0.15, -0.1) is 0 Å². The van der Waals surface area contributed by atoms with Gasteiger partial charge in [-0.05, 0) is 28.1 Å². The number of amides is 2. The van der Waals surface area contributed by atoms with Crippen molar-refractivity contribution in [1.82, 2.24) is 0 Å². The van der Waals surface area contributed by atoms with Crippen molar-refractivity contribution >= 4 is 33.4 Å². The number of hydrogen-bond donors (Lipinski definition) is 0. The van der Waals surface area contributed by atoms with Gasteiger partial charge in [0.1, 0.15) is 0 Å². The number of hydrogen-bond acceptors (Lipinski definition) is 2. The van der Waals surface area contributed by atoms with E-state index in [1.165, 1.54) is 12.2 Å².